The van der Waals surface area contributed by atoms with Crippen LogP contribution < -0.4 is 0 Å². The van der Waals surface area contributed by atoms with E-state index in [9.17, 15) is 4.39 Å². The first-order chi connectivity index (χ1) is 6.75. The molecule has 1 aliphatic rings. The molecule has 1 aromatic carbocycles. The molecule has 15 heavy (non-hydrogen) atoms. The summed E-state index contributed by atoms with van der Waals surface area (Å²) in [5.41, 5.74) is 1.16. The zero-order valence-corrected chi connectivity index (χ0v) is 12.0. The van der Waals surface area contributed by atoms with Gasteiger partial charge >= 0.3 is 0 Å². The van der Waals surface area contributed by atoms with E-state index in [1.165, 1.54) is 25.7 Å². The number of halogens is 1. The third kappa shape index (κ3) is 3.64. The molecule has 79 valence electrons. The quantitative estimate of drug-likeness (QED) is 0.684. The van der Waals surface area contributed by atoms with Gasteiger partial charge in [-0.15, -0.1) is 12.1 Å². The summed E-state index contributed by atoms with van der Waals surface area (Å²) in [5.74, 6) is 1.21. The number of benzene rings is 1. The minimum Gasteiger partial charge on any atom is -0.236 e. The Morgan fingerprint density at radius 2 is 1.93 bits per heavy atom. The van der Waals surface area contributed by atoms with Crippen LogP contribution >= 0.6 is 0 Å². The summed E-state index contributed by atoms with van der Waals surface area (Å²) >= 11 is 0. The fourth-order valence-electron chi connectivity index (χ4n) is 2.30. The van der Waals surface area contributed by atoms with E-state index >= 15 is 0 Å². The van der Waals surface area contributed by atoms with Crippen LogP contribution in [0, 0.1) is 17.8 Å². The second-order valence-corrected chi connectivity index (χ2v) is 4.43. The fraction of sp³-hybridized carbons (Fsp3) is 0.538. The van der Waals surface area contributed by atoms with Crippen LogP contribution in [0.5, 0.6) is 0 Å². The summed E-state index contributed by atoms with van der Waals surface area (Å²) < 4.78 is 12.9. The number of hydrogen-bond donors (Lipinski definition) is 0. The Hall–Kier alpha value is 0.254. The van der Waals surface area contributed by atoms with E-state index in [1.807, 2.05) is 6.07 Å². The maximum absolute atomic E-state index is 12.9. The number of rotatable bonds is 1. The molecular formula is C13H16FY-. The summed E-state index contributed by atoms with van der Waals surface area (Å²) in [6.45, 7) is 2.30. The van der Waals surface area contributed by atoms with Crippen LogP contribution in [0.4, 0.5) is 4.39 Å². The molecule has 0 heterocycles. The third-order valence-corrected chi connectivity index (χ3v) is 3.28. The molecule has 1 aliphatic carbocycles. The average molecular weight is 280 g/mol. The number of hydrogen-bond acceptors (Lipinski definition) is 0. The summed E-state index contributed by atoms with van der Waals surface area (Å²) in [5, 5.41) is 0. The standard InChI is InChI=1S/C13H16F.Y/c1-10-5-7-11(8-6-10)12-3-2-4-13(14)9-12;/h2-3,9-11H,5-8H2,1H3;/q-1;. The van der Waals surface area contributed by atoms with Gasteiger partial charge in [-0.25, -0.2) is 4.39 Å². The van der Waals surface area contributed by atoms with E-state index in [0.29, 0.717) is 5.92 Å². The van der Waals surface area contributed by atoms with Crippen LogP contribution in [0.25, 0.3) is 0 Å². The topological polar surface area (TPSA) is 0 Å². The molecule has 0 nitrogen and oxygen atoms in total. The first-order valence-corrected chi connectivity index (χ1v) is 5.43. The van der Waals surface area contributed by atoms with Crippen LogP contribution in [0.1, 0.15) is 44.1 Å². The van der Waals surface area contributed by atoms with Crippen LogP contribution in [0.3, 0.4) is 0 Å². The Morgan fingerprint density at radius 1 is 1.27 bits per heavy atom. The fourth-order valence-corrected chi connectivity index (χ4v) is 2.30. The third-order valence-electron chi connectivity index (χ3n) is 3.28. The second kappa shape index (κ2) is 6.10. The molecule has 1 radical (unpaired) electrons. The van der Waals surface area contributed by atoms with E-state index in [2.05, 4.69) is 13.0 Å². The zero-order chi connectivity index (χ0) is 9.97. The molecule has 0 bridgehead atoms. The Morgan fingerprint density at radius 3 is 2.53 bits per heavy atom. The molecule has 2 rings (SSSR count). The van der Waals surface area contributed by atoms with Crippen molar-refractivity contribution in [1.82, 2.24) is 0 Å². The van der Waals surface area contributed by atoms with Crippen molar-refractivity contribution in [3.63, 3.8) is 0 Å². The second-order valence-electron chi connectivity index (χ2n) is 4.43. The molecule has 1 aromatic rings. The van der Waals surface area contributed by atoms with Gasteiger partial charge in [0.2, 0.25) is 0 Å². The van der Waals surface area contributed by atoms with Gasteiger partial charge in [0.15, 0.2) is 0 Å². The van der Waals surface area contributed by atoms with Gasteiger partial charge in [0, 0.05) is 38.5 Å². The van der Waals surface area contributed by atoms with E-state index in [1.54, 1.807) is 12.1 Å². The molecule has 2 heteroatoms. The Bertz CT molecular complexity index is 303. The average Bonchev–Trinajstić information content (AvgIpc) is 2.19. The van der Waals surface area contributed by atoms with Crippen LogP contribution in [-0.4, -0.2) is 0 Å². The van der Waals surface area contributed by atoms with E-state index < -0.39 is 0 Å². The van der Waals surface area contributed by atoms with Gasteiger partial charge in [-0.2, -0.15) is 17.7 Å². The van der Waals surface area contributed by atoms with Crippen molar-refractivity contribution in [2.45, 2.75) is 38.5 Å². The van der Waals surface area contributed by atoms with Gasteiger partial charge in [-0.05, 0) is 24.7 Å². The largest absolute Gasteiger partial charge is 0.236 e. The predicted molar refractivity (Wildman–Crippen MR) is 55.6 cm³/mol. The Kier molecular flexibility index (Phi) is 5.42. The minimum absolute atomic E-state index is 0. The molecular weight excluding hydrogens is 264 g/mol. The summed E-state index contributed by atoms with van der Waals surface area (Å²) in [6.07, 6.45) is 4.99. The summed E-state index contributed by atoms with van der Waals surface area (Å²) in [7, 11) is 0. The van der Waals surface area contributed by atoms with Crippen LogP contribution in [0.2, 0.25) is 0 Å². The molecule has 0 N–H and O–H groups in total. The molecule has 0 aliphatic heterocycles. The Balaban J connectivity index is 0.00000112. The Labute approximate surface area is 117 Å². The van der Waals surface area contributed by atoms with Gasteiger partial charge in [-0.1, -0.05) is 19.8 Å². The molecule has 1 fully saturated rings. The van der Waals surface area contributed by atoms with Crippen LogP contribution in [0.15, 0.2) is 18.2 Å². The summed E-state index contributed by atoms with van der Waals surface area (Å²) in [6, 6.07) is 7.89. The van der Waals surface area contributed by atoms with Crippen molar-refractivity contribution < 1.29 is 37.1 Å². The van der Waals surface area contributed by atoms with Gasteiger partial charge in [0.25, 0.3) is 0 Å². The molecule has 0 spiro atoms. The molecule has 1 saturated carbocycles. The van der Waals surface area contributed by atoms with Crippen molar-refractivity contribution in [1.29, 1.82) is 0 Å². The predicted octanol–water partition coefficient (Wildman–Crippen LogP) is 3.92. The monoisotopic (exact) mass is 280 g/mol. The molecule has 0 atom stereocenters. The van der Waals surface area contributed by atoms with Crippen molar-refractivity contribution >= 4 is 0 Å². The van der Waals surface area contributed by atoms with Crippen molar-refractivity contribution in [2.24, 2.45) is 5.92 Å². The zero-order valence-electron chi connectivity index (χ0n) is 9.17. The molecule has 0 saturated heterocycles. The maximum Gasteiger partial charge on any atom is 0.0111 e. The first-order valence-electron chi connectivity index (χ1n) is 5.43. The minimum atomic E-state index is -0.221. The van der Waals surface area contributed by atoms with Crippen LogP contribution in [-0.2, 0) is 32.7 Å². The molecule has 0 amide bonds. The van der Waals surface area contributed by atoms with Gasteiger partial charge in [0.05, 0.1) is 0 Å². The van der Waals surface area contributed by atoms with E-state index in [4.69, 9.17) is 0 Å². The van der Waals surface area contributed by atoms with E-state index in [0.717, 1.165) is 11.5 Å². The molecule has 0 unspecified atom stereocenters. The summed E-state index contributed by atoms with van der Waals surface area (Å²) in [4.78, 5) is 0. The van der Waals surface area contributed by atoms with Crippen molar-refractivity contribution in [3.05, 3.63) is 35.6 Å². The van der Waals surface area contributed by atoms with Gasteiger partial charge in [-0.3, -0.25) is 0 Å². The van der Waals surface area contributed by atoms with E-state index in [-0.39, 0.29) is 38.5 Å². The smallest absolute Gasteiger partial charge is 0.0111 e. The van der Waals surface area contributed by atoms with Gasteiger partial charge < -0.3 is 0 Å². The van der Waals surface area contributed by atoms with Gasteiger partial charge in [0.1, 0.15) is 0 Å². The maximum atomic E-state index is 12.9. The normalized spacial score (nSPS) is 25.7. The van der Waals surface area contributed by atoms with Crippen molar-refractivity contribution in [2.75, 3.05) is 0 Å². The first kappa shape index (κ1) is 13.3. The molecule has 0 aromatic heterocycles. The SMILES string of the molecule is CC1CCC(c2cc[c-]c(F)c2)CC1.[Y]. The van der Waals surface area contributed by atoms with Crippen molar-refractivity contribution in [3.8, 4) is 0 Å².